The van der Waals surface area contributed by atoms with Crippen LogP contribution in [0.5, 0.6) is 0 Å². The number of nitrogens with zero attached hydrogens (tertiary/aromatic N) is 2. The number of imidazole rings is 1. The van der Waals surface area contributed by atoms with Crippen LogP contribution in [0.4, 0.5) is 0 Å². The first-order chi connectivity index (χ1) is 9.24. The molecule has 1 N–H and O–H groups in total. The van der Waals surface area contributed by atoms with Crippen molar-refractivity contribution in [2.24, 2.45) is 0 Å². The predicted octanol–water partition coefficient (Wildman–Crippen LogP) is 3.42. The number of ketones is 1. The number of hydrogen-bond donors (Lipinski definition) is 1. The van der Waals surface area contributed by atoms with Crippen molar-refractivity contribution in [1.82, 2.24) is 15.0 Å². The highest BCUT2D eigenvalue weighted by Gasteiger charge is 2.14. The third-order valence-corrected chi connectivity index (χ3v) is 3.41. The molecule has 2 aromatic heterocycles. The molecular formula is C13H8ClN3OS. The summed E-state index contributed by atoms with van der Waals surface area (Å²) in [6.45, 7) is 0. The van der Waals surface area contributed by atoms with Gasteiger partial charge in [0.25, 0.3) is 0 Å². The molecule has 0 aliphatic rings. The Labute approximate surface area is 118 Å². The van der Waals surface area contributed by atoms with Crippen molar-refractivity contribution in [2.45, 2.75) is 0 Å². The van der Waals surface area contributed by atoms with Crippen LogP contribution < -0.4 is 0 Å². The highest BCUT2D eigenvalue weighted by molar-refractivity contribution is 7.07. The van der Waals surface area contributed by atoms with Gasteiger partial charge in [0.15, 0.2) is 5.82 Å². The van der Waals surface area contributed by atoms with Crippen LogP contribution in [-0.4, -0.2) is 20.7 Å². The molecule has 0 aliphatic heterocycles. The number of hydrogen-bond acceptors (Lipinski definition) is 4. The van der Waals surface area contributed by atoms with Crippen molar-refractivity contribution >= 4 is 28.7 Å². The summed E-state index contributed by atoms with van der Waals surface area (Å²) in [5.41, 5.74) is 3.86. The van der Waals surface area contributed by atoms with Gasteiger partial charge in [-0.3, -0.25) is 4.79 Å². The molecule has 19 heavy (non-hydrogen) atoms. The fourth-order valence-corrected chi connectivity index (χ4v) is 2.55. The minimum atomic E-state index is -0.191. The first-order valence-corrected chi connectivity index (χ1v) is 6.79. The standard InChI is InChI=1S/C13H8ClN3OS/c14-10-4-8(11-6-19-7-17-11)3-9(5-10)12(18)13-15-1-2-16-13/h1-7H,(H,15,16). The van der Waals surface area contributed by atoms with E-state index in [1.807, 2.05) is 5.38 Å². The monoisotopic (exact) mass is 289 g/mol. The third-order valence-electron chi connectivity index (χ3n) is 2.60. The van der Waals surface area contributed by atoms with Gasteiger partial charge in [-0.25, -0.2) is 9.97 Å². The predicted molar refractivity (Wildman–Crippen MR) is 74.6 cm³/mol. The fourth-order valence-electron chi connectivity index (χ4n) is 1.75. The highest BCUT2D eigenvalue weighted by Crippen LogP contribution is 2.25. The smallest absolute Gasteiger partial charge is 0.228 e. The zero-order valence-electron chi connectivity index (χ0n) is 9.63. The summed E-state index contributed by atoms with van der Waals surface area (Å²) >= 11 is 7.56. The van der Waals surface area contributed by atoms with Crippen LogP contribution in [0, 0.1) is 0 Å². The third kappa shape index (κ3) is 2.43. The number of carbonyl (C=O) groups excluding carboxylic acids is 1. The number of H-pyrrole nitrogens is 1. The summed E-state index contributed by atoms with van der Waals surface area (Å²) in [7, 11) is 0. The fraction of sp³-hybridized carbons (Fsp3) is 0. The Hall–Kier alpha value is -1.98. The second-order valence-corrected chi connectivity index (χ2v) is 5.02. The zero-order valence-corrected chi connectivity index (χ0v) is 11.2. The van der Waals surface area contributed by atoms with Crippen LogP contribution in [0.2, 0.25) is 5.02 Å². The van der Waals surface area contributed by atoms with E-state index >= 15 is 0 Å². The Kier molecular flexibility index (Phi) is 3.15. The lowest BCUT2D eigenvalue weighted by Gasteiger charge is -2.03. The van der Waals surface area contributed by atoms with E-state index in [9.17, 15) is 4.79 Å². The largest absolute Gasteiger partial charge is 0.342 e. The average Bonchev–Trinajstić information content (AvgIpc) is 3.10. The molecule has 0 spiro atoms. The average molecular weight is 290 g/mol. The molecular weight excluding hydrogens is 282 g/mol. The van der Waals surface area contributed by atoms with Crippen LogP contribution in [0.1, 0.15) is 16.2 Å². The number of halogens is 1. The Bertz CT molecular complexity index is 708. The number of rotatable bonds is 3. The van der Waals surface area contributed by atoms with E-state index in [0.29, 0.717) is 16.4 Å². The lowest BCUT2D eigenvalue weighted by Crippen LogP contribution is -2.03. The molecule has 0 aliphatic carbocycles. The van der Waals surface area contributed by atoms with Gasteiger partial charge in [0.2, 0.25) is 5.78 Å². The van der Waals surface area contributed by atoms with Crippen LogP contribution >= 0.6 is 22.9 Å². The minimum absolute atomic E-state index is 0.191. The Balaban J connectivity index is 2.06. The van der Waals surface area contributed by atoms with E-state index in [2.05, 4.69) is 15.0 Å². The lowest BCUT2D eigenvalue weighted by atomic mass is 10.1. The van der Waals surface area contributed by atoms with E-state index in [0.717, 1.165) is 11.3 Å². The first kappa shape index (κ1) is 12.1. The van der Waals surface area contributed by atoms with E-state index in [1.54, 1.807) is 36.1 Å². The number of thiazole rings is 1. The lowest BCUT2D eigenvalue weighted by molar-refractivity contribution is 0.103. The molecule has 0 saturated carbocycles. The quantitative estimate of drug-likeness (QED) is 0.752. The van der Waals surface area contributed by atoms with Crippen LogP contribution in [-0.2, 0) is 0 Å². The summed E-state index contributed by atoms with van der Waals surface area (Å²) in [5.74, 6) is 0.107. The van der Waals surface area contributed by atoms with Crippen molar-refractivity contribution in [1.29, 1.82) is 0 Å². The molecule has 94 valence electrons. The molecule has 2 heterocycles. The molecule has 0 fully saturated rings. The molecule has 1 aromatic carbocycles. The summed E-state index contributed by atoms with van der Waals surface area (Å²) in [5, 5.41) is 2.41. The van der Waals surface area contributed by atoms with Crippen LogP contribution in [0.15, 0.2) is 41.5 Å². The van der Waals surface area contributed by atoms with E-state index in [-0.39, 0.29) is 5.78 Å². The zero-order chi connectivity index (χ0) is 13.2. The van der Waals surface area contributed by atoms with E-state index in [4.69, 9.17) is 11.6 Å². The minimum Gasteiger partial charge on any atom is -0.342 e. The highest BCUT2D eigenvalue weighted by atomic mass is 35.5. The van der Waals surface area contributed by atoms with E-state index in [1.165, 1.54) is 11.3 Å². The molecule has 0 atom stereocenters. The molecule has 0 saturated heterocycles. The van der Waals surface area contributed by atoms with Crippen molar-refractivity contribution in [3.05, 3.63) is 57.9 Å². The van der Waals surface area contributed by atoms with Crippen molar-refractivity contribution in [3.8, 4) is 11.3 Å². The van der Waals surface area contributed by atoms with Gasteiger partial charge in [0, 0.05) is 33.9 Å². The maximum atomic E-state index is 12.2. The number of nitrogens with one attached hydrogen (secondary N) is 1. The van der Waals surface area contributed by atoms with Gasteiger partial charge >= 0.3 is 0 Å². The van der Waals surface area contributed by atoms with Gasteiger partial charge in [-0.1, -0.05) is 11.6 Å². The summed E-state index contributed by atoms with van der Waals surface area (Å²) in [6.07, 6.45) is 3.15. The molecule has 0 radical (unpaired) electrons. The van der Waals surface area contributed by atoms with Crippen molar-refractivity contribution < 1.29 is 4.79 Å². The Morgan fingerprint density at radius 3 is 2.84 bits per heavy atom. The number of carbonyl (C=O) groups is 1. The number of aromatic amines is 1. The van der Waals surface area contributed by atoms with Gasteiger partial charge in [0.1, 0.15) is 0 Å². The molecule has 0 bridgehead atoms. The van der Waals surface area contributed by atoms with Gasteiger partial charge in [0.05, 0.1) is 11.2 Å². The van der Waals surface area contributed by atoms with Gasteiger partial charge in [-0.2, -0.15) is 0 Å². The van der Waals surface area contributed by atoms with Gasteiger partial charge in [-0.05, 0) is 18.2 Å². The van der Waals surface area contributed by atoms with Crippen molar-refractivity contribution in [3.63, 3.8) is 0 Å². The molecule has 4 nitrogen and oxygen atoms in total. The topological polar surface area (TPSA) is 58.6 Å². The number of aromatic nitrogens is 3. The first-order valence-electron chi connectivity index (χ1n) is 5.47. The summed E-state index contributed by atoms with van der Waals surface area (Å²) in [6, 6.07) is 5.18. The van der Waals surface area contributed by atoms with Crippen molar-refractivity contribution in [2.75, 3.05) is 0 Å². The molecule has 3 rings (SSSR count). The van der Waals surface area contributed by atoms with Gasteiger partial charge < -0.3 is 4.98 Å². The second-order valence-electron chi connectivity index (χ2n) is 3.87. The van der Waals surface area contributed by atoms with Crippen LogP contribution in [0.3, 0.4) is 0 Å². The molecule has 3 aromatic rings. The maximum Gasteiger partial charge on any atom is 0.228 e. The SMILES string of the molecule is O=C(c1cc(Cl)cc(-c2cscn2)c1)c1ncc[nH]1. The summed E-state index contributed by atoms with van der Waals surface area (Å²) < 4.78 is 0. The van der Waals surface area contributed by atoms with E-state index < -0.39 is 0 Å². The van der Waals surface area contributed by atoms with Crippen LogP contribution in [0.25, 0.3) is 11.3 Å². The van der Waals surface area contributed by atoms with Gasteiger partial charge in [-0.15, -0.1) is 11.3 Å². The maximum absolute atomic E-state index is 12.2. The Morgan fingerprint density at radius 1 is 1.26 bits per heavy atom. The molecule has 0 unspecified atom stereocenters. The number of benzene rings is 1. The molecule has 6 heteroatoms. The second kappa shape index (κ2) is 4.95. The normalized spacial score (nSPS) is 10.6. The molecule has 0 amide bonds. The Morgan fingerprint density at radius 2 is 2.16 bits per heavy atom. The summed E-state index contributed by atoms with van der Waals surface area (Å²) in [4.78, 5) is 23.2.